The first-order chi connectivity index (χ1) is 9.58. The lowest BCUT2D eigenvalue weighted by atomic mass is 9.95. The van der Waals surface area contributed by atoms with Crippen LogP contribution in [0.1, 0.15) is 29.9 Å². The zero-order valence-corrected chi connectivity index (χ0v) is 12.6. The van der Waals surface area contributed by atoms with Crippen molar-refractivity contribution in [2.24, 2.45) is 11.8 Å². The van der Waals surface area contributed by atoms with Crippen LogP contribution in [0.2, 0.25) is 0 Å². The monoisotopic (exact) mass is 289 g/mol. The van der Waals surface area contributed by atoms with Crippen LogP contribution in [0.15, 0.2) is 18.5 Å². The molecular weight excluding hydrogens is 270 g/mol. The quantitative estimate of drug-likeness (QED) is 0.924. The van der Waals surface area contributed by atoms with Gasteiger partial charge in [0, 0.05) is 30.9 Å². The highest BCUT2D eigenvalue weighted by atomic mass is 32.1. The van der Waals surface area contributed by atoms with Crippen molar-refractivity contribution in [3.05, 3.63) is 23.3 Å². The molecule has 1 unspecified atom stereocenters. The fourth-order valence-corrected chi connectivity index (χ4v) is 3.85. The van der Waals surface area contributed by atoms with E-state index in [-0.39, 0.29) is 5.91 Å². The number of pyridine rings is 1. The van der Waals surface area contributed by atoms with Gasteiger partial charge in [-0.3, -0.25) is 9.78 Å². The van der Waals surface area contributed by atoms with Crippen LogP contribution in [0.5, 0.6) is 0 Å². The Balaban J connectivity index is 1.88. The predicted molar refractivity (Wildman–Crippen MR) is 82.9 cm³/mol. The summed E-state index contributed by atoms with van der Waals surface area (Å²) in [5, 5.41) is 0.938. The van der Waals surface area contributed by atoms with Gasteiger partial charge in [0.25, 0.3) is 5.91 Å². The summed E-state index contributed by atoms with van der Waals surface area (Å²) in [6.45, 7) is 6.13. The van der Waals surface area contributed by atoms with E-state index >= 15 is 0 Å². The smallest absolute Gasteiger partial charge is 0.266 e. The number of hydrogen-bond donors (Lipinski definition) is 1. The zero-order valence-electron chi connectivity index (χ0n) is 11.8. The molecule has 0 aromatic carbocycles. The molecule has 106 valence electrons. The van der Waals surface area contributed by atoms with Crippen LogP contribution in [-0.4, -0.2) is 28.9 Å². The summed E-state index contributed by atoms with van der Waals surface area (Å²) < 4.78 is 0.980. The van der Waals surface area contributed by atoms with Gasteiger partial charge in [-0.15, -0.1) is 11.3 Å². The van der Waals surface area contributed by atoms with Gasteiger partial charge >= 0.3 is 0 Å². The van der Waals surface area contributed by atoms with Crippen LogP contribution >= 0.6 is 11.3 Å². The van der Waals surface area contributed by atoms with Crippen molar-refractivity contribution in [1.29, 1.82) is 0 Å². The molecule has 3 rings (SSSR count). The van der Waals surface area contributed by atoms with E-state index < -0.39 is 0 Å². The van der Waals surface area contributed by atoms with E-state index in [2.05, 4.69) is 18.8 Å². The van der Waals surface area contributed by atoms with E-state index in [9.17, 15) is 4.79 Å². The van der Waals surface area contributed by atoms with Crippen molar-refractivity contribution < 1.29 is 4.79 Å². The van der Waals surface area contributed by atoms with E-state index in [1.807, 2.05) is 11.0 Å². The number of nitrogens with two attached hydrogens (primary N) is 1. The van der Waals surface area contributed by atoms with Gasteiger partial charge in [-0.2, -0.15) is 0 Å². The summed E-state index contributed by atoms with van der Waals surface area (Å²) in [6.07, 6.45) is 4.58. The second kappa shape index (κ2) is 5.05. The van der Waals surface area contributed by atoms with Crippen molar-refractivity contribution >= 4 is 33.0 Å². The molecule has 0 spiro atoms. The Hall–Kier alpha value is -1.62. The lowest BCUT2D eigenvalue weighted by Crippen LogP contribution is -2.29. The van der Waals surface area contributed by atoms with Crippen LogP contribution in [0.25, 0.3) is 10.1 Å². The van der Waals surface area contributed by atoms with E-state index in [0.717, 1.165) is 29.6 Å². The Bertz CT molecular complexity index is 650. The molecular formula is C15H19N3OS. The van der Waals surface area contributed by atoms with Crippen LogP contribution in [0.3, 0.4) is 0 Å². The maximum absolute atomic E-state index is 12.6. The molecule has 1 fully saturated rings. The lowest BCUT2D eigenvalue weighted by Gasteiger charge is -2.17. The Kier molecular flexibility index (Phi) is 3.38. The minimum atomic E-state index is 0.0758. The van der Waals surface area contributed by atoms with E-state index in [1.54, 1.807) is 12.4 Å². The van der Waals surface area contributed by atoms with Crippen LogP contribution in [-0.2, 0) is 0 Å². The molecule has 1 aliphatic rings. The maximum atomic E-state index is 12.6. The normalized spacial score (nSPS) is 19.1. The highest BCUT2D eigenvalue weighted by molar-refractivity contribution is 7.21. The summed E-state index contributed by atoms with van der Waals surface area (Å²) in [5.74, 6) is 1.31. The largest absolute Gasteiger partial charge is 0.397 e. The lowest BCUT2D eigenvalue weighted by molar-refractivity contribution is 0.0790. The van der Waals surface area contributed by atoms with Crippen molar-refractivity contribution in [2.45, 2.75) is 20.3 Å². The average molecular weight is 289 g/mol. The number of carbonyl (C=O) groups excluding carboxylic acids is 1. The number of fused-ring (bicyclic) bond motifs is 1. The zero-order chi connectivity index (χ0) is 14.3. The number of anilines is 1. The SMILES string of the molecule is CC(C)C1CCN(C(=O)c2sc3cnccc3c2N)C1. The van der Waals surface area contributed by atoms with Crippen LogP contribution in [0.4, 0.5) is 5.69 Å². The summed E-state index contributed by atoms with van der Waals surface area (Å²) in [5.41, 5.74) is 6.74. The molecule has 0 radical (unpaired) electrons. The summed E-state index contributed by atoms with van der Waals surface area (Å²) in [7, 11) is 0. The van der Waals surface area contributed by atoms with E-state index in [1.165, 1.54) is 11.3 Å². The number of amides is 1. The number of hydrogen-bond acceptors (Lipinski definition) is 4. The summed E-state index contributed by atoms with van der Waals surface area (Å²) in [6, 6.07) is 1.87. The summed E-state index contributed by atoms with van der Waals surface area (Å²) >= 11 is 1.45. The average Bonchev–Trinajstić information content (AvgIpc) is 3.04. The molecule has 1 aliphatic heterocycles. The summed E-state index contributed by atoms with van der Waals surface area (Å²) in [4.78, 5) is 19.3. The minimum Gasteiger partial charge on any atom is -0.397 e. The van der Waals surface area contributed by atoms with Crippen molar-refractivity contribution in [1.82, 2.24) is 9.88 Å². The van der Waals surface area contributed by atoms with Gasteiger partial charge in [-0.1, -0.05) is 13.8 Å². The Morgan fingerprint density at radius 3 is 3.00 bits per heavy atom. The second-order valence-electron chi connectivity index (χ2n) is 5.76. The molecule has 0 saturated carbocycles. The molecule has 20 heavy (non-hydrogen) atoms. The predicted octanol–water partition coefficient (Wildman–Crippen LogP) is 3.00. The molecule has 5 heteroatoms. The number of thiophene rings is 1. The van der Waals surface area contributed by atoms with Crippen LogP contribution in [0, 0.1) is 11.8 Å². The number of aromatic nitrogens is 1. The van der Waals surface area contributed by atoms with Crippen LogP contribution < -0.4 is 5.73 Å². The first kappa shape index (κ1) is 13.4. The second-order valence-corrected chi connectivity index (χ2v) is 6.81. The van der Waals surface area contributed by atoms with Gasteiger partial charge in [0.15, 0.2) is 0 Å². The van der Waals surface area contributed by atoms with E-state index in [0.29, 0.717) is 22.4 Å². The standard InChI is InChI=1S/C15H19N3OS/c1-9(2)10-4-6-18(8-10)15(19)14-13(16)11-3-5-17-7-12(11)20-14/h3,5,7,9-10H,4,6,8,16H2,1-2H3. The fraction of sp³-hybridized carbons (Fsp3) is 0.467. The first-order valence-electron chi connectivity index (χ1n) is 6.99. The molecule has 4 nitrogen and oxygen atoms in total. The Morgan fingerprint density at radius 2 is 2.35 bits per heavy atom. The highest BCUT2D eigenvalue weighted by Crippen LogP contribution is 2.35. The number of likely N-dealkylation sites (tertiary alicyclic amines) is 1. The molecule has 2 aromatic rings. The molecule has 1 amide bonds. The first-order valence-corrected chi connectivity index (χ1v) is 7.81. The fourth-order valence-electron chi connectivity index (χ4n) is 2.79. The van der Waals surface area contributed by atoms with Crippen molar-refractivity contribution in [3.8, 4) is 0 Å². The molecule has 1 atom stereocenters. The Morgan fingerprint density at radius 1 is 1.55 bits per heavy atom. The third kappa shape index (κ3) is 2.16. The van der Waals surface area contributed by atoms with Crippen molar-refractivity contribution in [3.63, 3.8) is 0 Å². The maximum Gasteiger partial charge on any atom is 0.266 e. The van der Waals surface area contributed by atoms with Gasteiger partial charge in [0.05, 0.1) is 10.4 Å². The van der Waals surface area contributed by atoms with Gasteiger partial charge in [0.1, 0.15) is 4.88 Å². The molecule has 2 N–H and O–H groups in total. The van der Waals surface area contributed by atoms with Gasteiger partial charge in [-0.25, -0.2) is 0 Å². The number of nitrogen functional groups attached to an aromatic ring is 1. The number of nitrogens with zero attached hydrogens (tertiary/aromatic N) is 2. The van der Waals surface area contributed by atoms with Gasteiger partial charge in [-0.05, 0) is 24.3 Å². The molecule has 3 heterocycles. The number of carbonyl (C=O) groups is 1. The number of rotatable bonds is 2. The molecule has 1 saturated heterocycles. The molecule has 0 bridgehead atoms. The van der Waals surface area contributed by atoms with Crippen molar-refractivity contribution in [2.75, 3.05) is 18.8 Å². The molecule has 0 aliphatic carbocycles. The van der Waals surface area contributed by atoms with Gasteiger partial charge in [0.2, 0.25) is 0 Å². The Labute approximate surface area is 122 Å². The third-order valence-corrected chi connectivity index (χ3v) is 5.32. The highest BCUT2D eigenvalue weighted by Gasteiger charge is 2.30. The molecule has 2 aromatic heterocycles. The minimum absolute atomic E-state index is 0.0758. The van der Waals surface area contributed by atoms with E-state index in [4.69, 9.17) is 5.73 Å². The third-order valence-electron chi connectivity index (χ3n) is 4.18. The topological polar surface area (TPSA) is 59.2 Å². The van der Waals surface area contributed by atoms with Gasteiger partial charge < -0.3 is 10.6 Å².